The molecule has 120 valence electrons. The van der Waals surface area contributed by atoms with Crippen LogP contribution in [0, 0.1) is 13.8 Å². The van der Waals surface area contributed by atoms with Crippen LogP contribution in [0.2, 0.25) is 0 Å². The lowest BCUT2D eigenvalue weighted by molar-refractivity contribution is -0.129. The van der Waals surface area contributed by atoms with E-state index in [-0.39, 0.29) is 11.9 Å². The summed E-state index contributed by atoms with van der Waals surface area (Å²) in [6, 6.07) is 7.91. The highest BCUT2D eigenvalue weighted by molar-refractivity contribution is 5.99. The molecule has 5 nitrogen and oxygen atoms in total. The largest absolute Gasteiger partial charge is 0.449 e. The van der Waals surface area contributed by atoms with Crippen LogP contribution in [0.25, 0.3) is 10.9 Å². The predicted octanol–water partition coefficient (Wildman–Crippen LogP) is 2.68. The van der Waals surface area contributed by atoms with Gasteiger partial charge in [-0.2, -0.15) is 0 Å². The molecule has 0 aliphatic heterocycles. The fraction of sp³-hybridized carbons (Fsp3) is 0.389. The van der Waals surface area contributed by atoms with Gasteiger partial charge in [0.15, 0.2) is 6.10 Å². The third-order valence-electron chi connectivity index (χ3n) is 4.11. The first-order valence-electron chi connectivity index (χ1n) is 7.84. The van der Waals surface area contributed by atoms with Crippen molar-refractivity contribution in [1.82, 2.24) is 10.3 Å². The van der Waals surface area contributed by atoms with E-state index in [2.05, 4.69) is 10.3 Å². The molecule has 1 saturated carbocycles. The molecule has 1 amide bonds. The van der Waals surface area contributed by atoms with Crippen LogP contribution in [0.15, 0.2) is 24.3 Å². The molecule has 1 fully saturated rings. The Balaban J connectivity index is 1.84. The van der Waals surface area contributed by atoms with Crippen molar-refractivity contribution in [3.05, 3.63) is 41.1 Å². The molecule has 0 radical (unpaired) electrons. The van der Waals surface area contributed by atoms with Crippen LogP contribution >= 0.6 is 0 Å². The highest BCUT2D eigenvalue weighted by Crippen LogP contribution is 2.24. The maximum absolute atomic E-state index is 12.5. The zero-order valence-electron chi connectivity index (χ0n) is 13.6. The number of benzene rings is 1. The van der Waals surface area contributed by atoms with E-state index in [9.17, 15) is 9.59 Å². The average Bonchev–Trinajstić information content (AvgIpc) is 3.31. The van der Waals surface area contributed by atoms with Crippen molar-refractivity contribution in [2.45, 2.75) is 45.8 Å². The van der Waals surface area contributed by atoms with E-state index in [4.69, 9.17) is 4.74 Å². The monoisotopic (exact) mass is 312 g/mol. The minimum absolute atomic E-state index is 0.245. The SMILES string of the molecule is Cc1nc2ccccc2c(C)c1C(=O)O[C@H](C)C(=O)NC1CC1. The number of rotatable bonds is 4. The normalized spacial score (nSPS) is 15.3. The van der Waals surface area contributed by atoms with Crippen molar-refractivity contribution in [1.29, 1.82) is 0 Å². The summed E-state index contributed by atoms with van der Waals surface area (Å²) < 4.78 is 5.35. The first-order valence-corrected chi connectivity index (χ1v) is 7.84. The Hall–Kier alpha value is -2.43. The van der Waals surface area contributed by atoms with Crippen molar-refractivity contribution in [2.24, 2.45) is 0 Å². The van der Waals surface area contributed by atoms with Gasteiger partial charge in [0.05, 0.1) is 16.8 Å². The molecule has 1 aromatic carbocycles. The molecule has 0 unspecified atom stereocenters. The van der Waals surface area contributed by atoms with Gasteiger partial charge in [-0.25, -0.2) is 4.79 Å². The lowest BCUT2D eigenvalue weighted by atomic mass is 10.0. The smallest absolute Gasteiger partial charge is 0.341 e. The first-order chi connectivity index (χ1) is 11.0. The number of carbonyl (C=O) groups excluding carboxylic acids is 2. The molecule has 23 heavy (non-hydrogen) atoms. The van der Waals surface area contributed by atoms with E-state index in [1.165, 1.54) is 0 Å². The summed E-state index contributed by atoms with van der Waals surface area (Å²) in [5.74, 6) is -0.749. The molecule has 1 aromatic heterocycles. The van der Waals surface area contributed by atoms with Crippen molar-refractivity contribution >= 4 is 22.8 Å². The fourth-order valence-electron chi connectivity index (χ4n) is 2.65. The maximum atomic E-state index is 12.5. The van der Waals surface area contributed by atoms with Crippen LogP contribution in [0.4, 0.5) is 0 Å². The van der Waals surface area contributed by atoms with Crippen LogP contribution in [0.5, 0.6) is 0 Å². The quantitative estimate of drug-likeness (QED) is 0.881. The zero-order chi connectivity index (χ0) is 16.6. The van der Waals surface area contributed by atoms with Gasteiger partial charge >= 0.3 is 5.97 Å². The van der Waals surface area contributed by atoms with Crippen LogP contribution in [-0.2, 0) is 9.53 Å². The van der Waals surface area contributed by atoms with Gasteiger partial charge in [0.2, 0.25) is 0 Å². The van der Waals surface area contributed by atoms with Crippen LogP contribution < -0.4 is 5.32 Å². The number of hydrogen-bond acceptors (Lipinski definition) is 4. The van der Waals surface area contributed by atoms with Crippen molar-refractivity contribution in [2.75, 3.05) is 0 Å². The minimum atomic E-state index is -0.812. The number of ether oxygens (including phenoxy) is 1. The number of hydrogen-bond donors (Lipinski definition) is 1. The van der Waals surface area contributed by atoms with Gasteiger partial charge in [-0.1, -0.05) is 18.2 Å². The zero-order valence-corrected chi connectivity index (χ0v) is 13.6. The predicted molar refractivity (Wildman–Crippen MR) is 87.3 cm³/mol. The first kappa shape index (κ1) is 15.5. The van der Waals surface area contributed by atoms with E-state index in [1.807, 2.05) is 31.2 Å². The third-order valence-corrected chi connectivity index (χ3v) is 4.11. The number of para-hydroxylation sites is 1. The van der Waals surface area contributed by atoms with E-state index in [0.29, 0.717) is 11.3 Å². The van der Waals surface area contributed by atoms with Crippen LogP contribution in [0.3, 0.4) is 0 Å². The molecule has 1 aliphatic rings. The lowest BCUT2D eigenvalue weighted by Crippen LogP contribution is -2.37. The van der Waals surface area contributed by atoms with E-state index in [0.717, 1.165) is 29.3 Å². The molecule has 1 aliphatic carbocycles. The minimum Gasteiger partial charge on any atom is -0.449 e. The second-order valence-electron chi connectivity index (χ2n) is 6.04. The molecule has 0 spiro atoms. The number of aromatic nitrogens is 1. The Morgan fingerprint density at radius 1 is 1.26 bits per heavy atom. The molecule has 1 N–H and O–H groups in total. The summed E-state index contributed by atoms with van der Waals surface area (Å²) in [6.45, 7) is 5.25. The van der Waals surface area contributed by atoms with E-state index >= 15 is 0 Å². The Bertz CT molecular complexity index is 781. The number of pyridine rings is 1. The van der Waals surface area contributed by atoms with Gasteiger partial charge in [-0.05, 0) is 45.2 Å². The Kier molecular flexibility index (Phi) is 4.03. The summed E-state index contributed by atoms with van der Waals surface area (Å²) in [4.78, 5) is 28.9. The third kappa shape index (κ3) is 3.18. The molecule has 0 saturated heterocycles. The Morgan fingerprint density at radius 3 is 2.65 bits per heavy atom. The molecule has 2 aromatic rings. The van der Waals surface area contributed by atoms with Gasteiger partial charge in [0.25, 0.3) is 5.91 Å². The average molecular weight is 312 g/mol. The number of esters is 1. The fourth-order valence-corrected chi connectivity index (χ4v) is 2.65. The van der Waals surface area contributed by atoms with Crippen molar-refractivity contribution in [3.8, 4) is 0 Å². The van der Waals surface area contributed by atoms with Crippen LogP contribution in [0.1, 0.15) is 41.4 Å². The Labute approximate surface area is 135 Å². The number of amides is 1. The molecule has 1 atom stereocenters. The number of nitrogens with one attached hydrogen (secondary N) is 1. The van der Waals surface area contributed by atoms with Crippen molar-refractivity contribution in [3.63, 3.8) is 0 Å². The van der Waals surface area contributed by atoms with Gasteiger partial charge in [0, 0.05) is 11.4 Å². The standard InChI is InChI=1S/C18H20N2O3/c1-10-14-6-4-5-7-15(14)19-11(2)16(10)18(22)23-12(3)17(21)20-13-8-9-13/h4-7,12-13H,8-9H2,1-3H3,(H,20,21)/t12-/m1/s1. The molecule has 3 rings (SSSR count). The second-order valence-corrected chi connectivity index (χ2v) is 6.04. The molecule has 1 heterocycles. The van der Waals surface area contributed by atoms with E-state index < -0.39 is 12.1 Å². The second kappa shape index (κ2) is 5.99. The number of nitrogens with zero attached hydrogens (tertiary/aromatic N) is 1. The summed E-state index contributed by atoms with van der Waals surface area (Å²) in [5.41, 5.74) is 2.72. The van der Waals surface area contributed by atoms with Gasteiger partial charge in [-0.3, -0.25) is 9.78 Å². The molecule has 5 heteroatoms. The number of carbonyl (C=O) groups is 2. The Morgan fingerprint density at radius 2 is 1.96 bits per heavy atom. The van der Waals surface area contributed by atoms with Gasteiger partial charge < -0.3 is 10.1 Å². The van der Waals surface area contributed by atoms with Gasteiger partial charge in [-0.15, -0.1) is 0 Å². The summed E-state index contributed by atoms with van der Waals surface area (Å²) in [6.07, 6.45) is 1.19. The summed E-state index contributed by atoms with van der Waals surface area (Å²) in [7, 11) is 0. The molecular weight excluding hydrogens is 292 g/mol. The lowest BCUT2D eigenvalue weighted by Gasteiger charge is -2.16. The highest BCUT2D eigenvalue weighted by atomic mass is 16.5. The molecular formula is C18H20N2O3. The summed E-state index contributed by atoms with van der Waals surface area (Å²) >= 11 is 0. The van der Waals surface area contributed by atoms with Crippen molar-refractivity contribution < 1.29 is 14.3 Å². The maximum Gasteiger partial charge on any atom is 0.341 e. The number of fused-ring (bicyclic) bond motifs is 1. The number of aryl methyl sites for hydroxylation is 2. The summed E-state index contributed by atoms with van der Waals surface area (Å²) in [5, 5.41) is 3.75. The van der Waals surface area contributed by atoms with Gasteiger partial charge in [0.1, 0.15) is 0 Å². The van der Waals surface area contributed by atoms with Crippen LogP contribution in [-0.4, -0.2) is 29.0 Å². The molecule has 0 bridgehead atoms. The topological polar surface area (TPSA) is 68.3 Å². The highest BCUT2D eigenvalue weighted by Gasteiger charge is 2.28. The van der Waals surface area contributed by atoms with E-state index in [1.54, 1.807) is 13.8 Å².